The molecular formula is C15H14Se. The van der Waals surface area contributed by atoms with Crippen molar-refractivity contribution in [2.75, 3.05) is 0 Å². The van der Waals surface area contributed by atoms with Crippen molar-refractivity contribution in [3.63, 3.8) is 0 Å². The van der Waals surface area contributed by atoms with Crippen molar-refractivity contribution in [2.24, 2.45) is 0 Å². The molecule has 16 heavy (non-hydrogen) atoms. The summed E-state index contributed by atoms with van der Waals surface area (Å²) in [6, 6.07) is 19.9. The van der Waals surface area contributed by atoms with Crippen molar-refractivity contribution in [1.82, 2.24) is 0 Å². The summed E-state index contributed by atoms with van der Waals surface area (Å²) >= 11 is 0.607. The first-order valence-electron chi connectivity index (χ1n) is 5.73. The van der Waals surface area contributed by atoms with Crippen LogP contribution in [0.3, 0.4) is 0 Å². The fraction of sp³-hybridized carbons (Fsp3) is 0.200. The number of aryl methyl sites for hydroxylation is 1. The number of hydrogen-bond donors (Lipinski definition) is 0. The van der Waals surface area contributed by atoms with Gasteiger partial charge in [-0.15, -0.1) is 0 Å². The van der Waals surface area contributed by atoms with Crippen LogP contribution in [-0.4, -0.2) is 15.0 Å². The van der Waals surface area contributed by atoms with Gasteiger partial charge in [0.05, 0.1) is 0 Å². The molecule has 0 aliphatic carbocycles. The normalized spacial score (nSPS) is 19.1. The fourth-order valence-electron chi connectivity index (χ4n) is 2.23. The Labute approximate surface area is 103 Å². The summed E-state index contributed by atoms with van der Waals surface area (Å²) in [4.78, 5) is 0.781. The third kappa shape index (κ3) is 1.93. The quantitative estimate of drug-likeness (QED) is 0.701. The van der Waals surface area contributed by atoms with Crippen LogP contribution in [0, 0.1) is 0 Å². The molecule has 80 valence electrons. The first-order chi connectivity index (χ1) is 7.93. The number of rotatable bonds is 1. The van der Waals surface area contributed by atoms with E-state index in [1.54, 1.807) is 10.0 Å². The van der Waals surface area contributed by atoms with Gasteiger partial charge in [-0.2, -0.15) is 0 Å². The minimum atomic E-state index is 0.607. The van der Waals surface area contributed by atoms with Gasteiger partial charge in [-0.25, -0.2) is 0 Å². The molecule has 0 radical (unpaired) electrons. The van der Waals surface area contributed by atoms with Gasteiger partial charge in [-0.3, -0.25) is 0 Å². The van der Waals surface area contributed by atoms with E-state index in [1.807, 2.05) is 0 Å². The van der Waals surface area contributed by atoms with E-state index < -0.39 is 0 Å². The van der Waals surface area contributed by atoms with E-state index in [-0.39, 0.29) is 0 Å². The molecule has 0 amide bonds. The zero-order valence-electron chi connectivity index (χ0n) is 9.10. The molecule has 0 saturated carbocycles. The molecular weight excluding hydrogens is 259 g/mol. The van der Waals surface area contributed by atoms with Crippen LogP contribution < -0.4 is 4.46 Å². The van der Waals surface area contributed by atoms with Crippen LogP contribution in [0.1, 0.15) is 22.4 Å². The molecule has 2 aromatic carbocycles. The van der Waals surface area contributed by atoms with Crippen LogP contribution in [0.4, 0.5) is 0 Å². The first-order valence-corrected chi connectivity index (χ1v) is 7.57. The van der Waals surface area contributed by atoms with Gasteiger partial charge >= 0.3 is 103 Å². The third-order valence-electron chi connectivity index (χ3n) is 3.09. The zero-order valence-corrected chi connectivity index (χ0v) is 10.8. The fourth-order valence-corrected chi connectivity index (χ4v) is 4.98. The van der Waals surface area contributed by atoms with Crippen molar-refractivity contribution in [2.45, 2.75) is 17.7 Å². The Hall–Kier alpha value is -1.04. The van der Waals surface area contributed by atoms with Crippen molar-refractivity contribution in [3.8, 4) is 0 Å². The predicted octanol–water partition coefficient (Wildman–Crippen LogP) is 2.70. The Morgan fingerprint density at radius 1 is 0.875 bits per heavy atom. The Bertz CT molecular complexity index is 476. The topological polar surface area (TPSA) is 0 Å². The van der Waals surface area contributed by atoms with Crippen LogP contribution in [-0.2, 0) is 6.42 Å². The van der Waals surface area contributed by atoms with Gasteiger partial charge in [-0.1, -0.05) is 0 Å². The average molecular weight is 273 g/mol. The summed E-state index contributed by atoms with van der Waals surface area (Å²) in [6.07, 6.45) is 2.57. The van der Waals surface area contributed by atoms with Crippen molar-refractivity contribution >= 4 is 19.4 Å². The van der Waals surface area contributed by atoms with Crippen molar-refractivity contribution < 1.29 is 0 Å². The Kier molecular flexibility index (Phi) is 2.82. The molecule has 1 unspecified atom stereocenters. The van der Waals surface area contributed by atoms with Gasteiger partial charge in [0.25, 0.3) is 0 Å². The molecule has 3 rings (SSSR count). The van der Waals surface area contributed by atoms with Gasteiger partial charge in [0.2, 0.25) is 0 Å². The van der Waals surface area contributed by atoms with E-state index in [9.17, 15) is 0 Å². The number of hydrogen-bond acceptors (Lipinski definition) is 0. The van der Waals surface area contributed by atoms with E-state index in [4.69, 9.17) is 0 Å². The van der Waals surface area contributed by atoms with Gasteiger partial charge in [0.15, 0.2) is 0 Å². The van der Waals surface area contributed by atoms with Crippen LogP contribution in [0.2, 0.25) is 0 Å². The number of fused-ring (bicyclic) bond motifs is 1. The summed E-state index contributed by atoms with van der Waals surface area (Å²) in [5, 5.41) is 0. The van der Waals surface area contributed by atoms with Crippen LogP contribution >= 0.6 is 0 Å². The molecule has 1 aliphatic rings. The summed E-state index contributed by atoms with van der Waals surface area (Å²) in [6.45, 7) is 0. The van der Waals surface area contributed by atoms with E-state index in [1.165, 1.54) is 18.4 Å². The summed E-state index contributed by atoms with van der Waals surface area (Å²) in [5.41, 5.74) is 3.10. The molecule has 0 saturated heterocycles. The van der Waals surface area contributed by atoms with Crippen molar-refractivity contribution in [1.29, 1.82) is 0 Å². The Morgan fingerprint density at radius 3 is 2.50 bits per heavy atom. The second kappa shape index (κ2) is 4.45. The van der Waals surface area contributed by atoms with Gasteiger partial charge < -0.3 is 0 Å². The van der Waals surface area contributed by atoms with Crippen LogP contribution in [0.25, 0.3) is 0 Å². The molecule has 1 heteroatoms. The molecule has 0 spiro atoms. The summed E-state index contributed by atoms with van der Waals surface area (Å²) in [5.74, 6) is 0. The molecule has 0 fully saturated rings. The van der Waals surface area contributed by atoms with E-state index in [0.717, 1.165) is 4.82 Å². The van der Waals surface area contributed by atoms with Gasteiger partial charge in [0.1, 0.15) is 0 Å². The average Bonchev–Trinajstić information content (AvgIpc) is 2.39. The SMILES string of the molecule is c1ccc(C2CCc3ccccc3[Se]2)cc1. The molecule has 2 aromatic rings. The molecule has 1 atom stereocenters. The predicted molar refractivity (Wildman–Crippen MR) is 69.3 cm³/mol. The van der Waals surface area contributed by atoms with E-state index >= 15 is 0 Å². The first kappa shape index (κ1) is 10.1. The second-order valence-corrected chi connectivity index (χ2v) is 6.77. The standard InChI is InChI=1S/C15H14Se/c1-2-6-12(7-3-1)15-11-10-13-8-4-5-9-14(13)16-15/h1-9,15H,10-11H2. The molecule has 0 aromatic heterocycles. The molecule has 0 bridgehead atoms. The Balaban J connectivity index is 1.89. The number of benzene rings is 2. The van der Waals surface area contributed by atoms with Gasteiger partial charge in [-0.05, 0) is 0 Å². The molecule has 0 N–H and O–H groups in total. The Morgan fingerprint density at radius 2 is 1.62 bits per heavy atom. The second-order valence-electron chi connectivity index (χ2n) is 4.16. The minimum absolute atomic E-state index is 0.607. The summed E-state index contributed by atoms with van der Waals surface area (Å²) < 4.78 is 1.61. The van der Waals surface area contributed by atoms with Gasteiger partial charge in [0, 0.05) is 0 Å². The van der Waals surface area contributed by atoms with E-state index in [0.29, 0.717) is 15.0 Å². The van der Waals surface area contributed by atoms with Crippen LogP contribution in [0.15, 0.2) is 54.6 Å². The molecule has 0 nitrogen and oxygen atoms in total. The summed E-state index contributed by atoms with van der Waals surface area (Å²) in [7, 11) is 0. The zero-order chi connectivity index (χ0) is 10.8. The third-order valence-corrected chi connectivity index (χ3v) is 6.12. The maximum absolute atomic E-state index is 2.31. The maximum atomic E-state index is 2.31. The monoisotopic (exact) mass is 274 g/mol. The molecule has 1 heterocycles. The molecule has 1 aliphatic heterocycles. The van der Waals surface area contributed by atoms with Crippen LogP contribution in [0.5, 0.6) is 0 Å². The van der Waals surface area contributed by atoms with E-state index in [2.05, 4.69) is 54.6 Å². The van der Waals surface area contributed by atoms with Crippen molar-refractivity contribution in [3.05, 3.63) is 65.7 Å².